The van der Waals surface area contributed by atoms with Gasteiger partial charge < -0.3 is 14.2 Å². The first-order valence-electron chi connectivity index (χ1n) is 34.1. The van der Waals surface area contributed by atoms with Crippen molar-refractivity contribution < 1.29 is 28.6 Å². The third-order valence-corrected chi connectivity index (χ3v) is 15.3. The molecule has 0 fully saturated rings. The zero-order valence-corrected chi connectivity index (χ0v) is 51.7. The smallest absolute Gasteiger partial charge is 0.306 e. The van der Waals surface area contributed by atoms with E-state index in [0.717, 1.165) is 83.5 Å². The molecule has 0 heterocycles. The summed E-state index contributed by atoms with van der Waals surface area (Å²) in [6.45, 7) is 6.61. The second kappa shape index (κ2) is 65.9. The van der Waals surface area contributed by atoms with Crippen molar-refractivity contribution in [3.8, 4) is 0 Å². The van der Waals surface area contributed by atoms with Gasteiger partial charge in [0.1, 0.15) is 13.2 Å². The average Bonchev–Trinajstić information content (AvgIpc) is 3.43. The van der Waals surface area contributed by atoms with E-state index in [4.69, 9.17) is 14.2 Å². The van der Waals surface area contributed by atoms with E-state index in [1.54, 1.807) is 0 Å². The van der Waals surface area contributed by atoms with Crippen LogP contribution >= 0.6 is 0 Å². The van der Waals surface area contributed by atoms with E-state index in [2.05, 4.69) is 69.4 Å². The van der Waals surface area contributed by atoms with Crippen molar-refractivity contribution in [2.75, 3.05) is 13.2 Å². The zero-order chi connectivity index (χ0) is 55.7. The molecule has 1 atom stereocenters. The fourth-order valence-electron chi connectivity index (χ4n) is 10.1. The maximum absolute atomic E-state index is 12.9. The SMILES string of the molecule is CCC/C=C\C/C=C\CCCCCCCC(=O)OCC(COC(=O)CCCCCCCCCCCCCCCCC/C=C\CCCCCCCCCC)OC(=O)CCCCCCCCCCC/C=C\CCCCCCCC. The fraction of sp³-hybridized carbons (Fsp3) is 0.845. The maximum Gasteiger partial charge on any atom is 0.306 e. The van der Waals surface area contributed by atoms with E-state index in [9.17, 15) is 14.4 Å². The third kappa shape index (κ3) is 64.1. The van der Waals surface area contributed by atoms with E-state index >= 15 is 0 Å². The minimum Gasteiger partial charge on any atom is -0.462 e. The molecule has 450 valence electrons. The highest BCUT2D eigenvalue weighted by molar-refractivity contribution is 5.71. The number of rotatable bonds is 63. The van der Waals surface area contributed by atoms with Crippen LogP contribution in [-0.2, 0) is 28.6 Å². The van der Waals surface area contributed by atoms with Crippen LogP contribution in [0.4, 0.5) is 0 Å². The largest absolute Gasteiger partial charge is 0.462 e. The van der Waals surface area contributed by atoms with Gasteiger partial charge in [0, 0.05) is 19.3 Å². The number of hydrogen-bond acceptors (Lipinski definition) is 6. The molecule has 0 saturated carbocycles. The molecule has 6 heteroatoms. The van der Waals surface area contributed by atoms with Gasteiger partial charge in [-0.3, -0.25) is 14.4 Å². The highest BCUT2D eigenvalue weighted by atomic mass is 16.6. The van der Waals surface area contributed by atoms with Crippen molar-refractivity contribution in [1.29, 1.82) is 0 Å². The van der Waals surface area contributed by atoms with Crippen molar-refractivity contribution in [1.82, 2.24) is 0 Å². The standard InChI is InChI=1S/C71H130O6/c1-4-7-10-13-16-19-22-25-27-29-31-32-33-34-35-36-37-38-40-41-43-46-49-52-55-58-61-64-70(73)76-67-68(66-75-69(72)63-60-57-54-51-48-45-24-21-18-15-12-9-6-3)77-71(74)65-62-59-56-53-50-47-44-42-39-30-28-26-23-20-17-14-11-8-5-2/h12,15,21,24,26,28-29,31,68H,4-11,13-14,16-20,22-23,25,27,30,32-67H2,1-3H3/b15-12-,24-21-,28-26-,31-29-. The van der Waals surface area contributed by atoms with Crippen LogP contribution in [0.5, 0.6) is 0 Å². The number of unbranched alkanes of at least 4 members (excludes halogenated alkanes) is 44. The Morgan fingerprint density at radius 3 is 0.779 bits per heavy atom. The molecule has 0 aromatic carbocycles. The van der Waals surface area contributed by atoms with Gasteiger partial charge in [0.15, 0.2) is 6.10 Å². The lowest BCUT2D eigenvalue weighted by molar-refractivity contribution is -0.167. The predicted molar refractivity (Wildman–Crippen MR) is 335 cm³/mol. The number of ether oxygens (including phenoxy) is 3. The van der Waals surface area contributed by atoms with Crippen LogP contribution < -0.4 is 0 Å². The molecule has 0 aliphatic carbocycles. The van der Waals surface area contributed by atoms with Crippen LogP contribution in [0.1, 0.15) is 367 Å². The maximum atomic E-state index is 12.9. The quantitative estimate of drug-likeness (QED) is 0.0261. The Morgan fingerprint density at radius 2 is 0.494 bits per heavy atom. The van der Waals surface area contributed by atoms with Gasteiger partial charge in [-0.2, -0.15) is 0 Å². The molecule has 0 radical (unpaired) electrons. The Kier molecular flexibility index (Phi) is 63.6. The first-order chi connectivity index (χ1) is 38.0. The van der Waals surface area contributed by atoms with Gasteiger partial charge in [-0.25, -0.2) is 0 Å². The molecule has 0 bridgehead atoms. The van der Waals surface area contributed by atoms with Gasteiger partial charge in [-0.1, -0.05) is 301 Å². The van der Waals surface area contributed by atoms with Gasteiger partial charge in [0.2, 0.25) is 0 Å². The van der Waals surface area contributed by atoms with Crippen molar-refractivity contribution >= 4 is 17.9 Å². The lowest BCUT2D eigenvalue weighted by Crippen LogP contribution is -2.30. The molecule has 0 aromatic rings. The zero-order valence-electron chi connectivity index (χ0n) is 51.7. The molecule has 0 aromatic heterocycles. The monoisotopic (exact) mass is 1080 g/mol. The topological polar surface area (TPSA) is 78.9 Å². The second-order valence-electron chi connectivity index (χ2n) is 23.1. The van der Waals surface area contributed by atoms with Crippen LogP contribution in [0.15, 0.2) is 48.6 Å². The summed E-state index contributed by atoms with van der Waals surface area (Å²) in [6.07, 6.45) is 82.8. The summed E-state index contributed by atoms with van der Waals surface area (Å²) in [5, 5.41) is 0. The summed E-state index contributed by atoms with van der Waals surface area (Å²) in [4.78, 5) is 38.3. The second-order valence-corrected chi connectivity index (χ2v) is 23.1. The minimum absolute atomic E-state index is 0.0753. The minimum atomic E-state index is -0.780. The normalized spacial score (nSPS) is 12.3. The molecular weight excluding hydrogens is 949 g/mol. The molecule has 1 unspecified atom stereocenters. The van der Waals surface area contributed by atoms with E-state index in [1.165, 1.54) is 244 Å². The summed E-state index contributed by atoms with van der Waals surface area (Å²) >= 11 is 0. The lowest BCUT2D eigenvalue weighted by Gasteiger charge is -2.18. The molecular formula is C71H130O6. The highest BCUT2D eigenvalue weighted by Gasteiger charge is 2.19. The van der Waals surface area contributed by atoms with Crippen molar-refractivity contribution in [3.05, 3.63) is 48.6 Å². The van der Waals surface area contributed by atoms with Crippen molar-refractivity contribution in [2.24, 2.45) is 0 Å². The number of hydrogen-bond donors (Lipinski definition) is 0. The Balaban J connectivity index is 4.23. The molecule has 0 aliphatic heterocycles. The van der Waals surface area contributed by atoms with Crippen LogP contribution in [0, 0.1) is 0 Å². The molecule has 77 heavy (non-hydrogen) atoms. The van der Waals surface area contributed by atoms with Gasteiger partial charge in [0.25, 0.3) is 0 Å². The van der Waals surface area contributed by atoms with Crippen LogP contribution in [0.3, 0.4) is 0 Å². The van der Waals surface area contributed by atoms with Crippen LogP contribution in [0.2, 0.25) is 0 Å². The predicted octanol–water partition coefficient (Wildman–Crippen LogP) is 23.3. The van der Waals surface area contributed by atoms with Gasteiger partial charge in [-0.15, -0.1) is 0 Å². The Bertz CT molecular complexity index is 1330. The van der Waals surface area contributed by atoms with E-state index in [-0.39, 0.29) is 31.1 Å². The Hall–Kier alpha value is -2.63. The molecule has 0 saturated heterocycles. The lowest BCUT2D eigenvalue weighted by atomic mass is 10.0. The van der Waals surface area contributed by atoms with Crippen molar-refractivity contribution in [2.45, 2.75) is 374 Å². The summed E-state index contributed by atoms with van der Waals surface area (Å²) in [6, 6.07) is 0. The van der Waals surface area contributed by atoms with Gasteiger partial charge >= 0.3 is 17.9 Å². The fourth-order valence-corrected chi connectivity index (χ4v) is 10.1. The van der Waals surface area contributed by atoms with Crippen LogP contribution in [-0.4, -0.2) is 37.2 Å². The number of allylic oxidation sites excluding steroid dienone is 8. The molecule has 0 N–H and O–H groups in total. The number of carbonyl (C=O) groups excluding carboxylic acids is 3. The van der Waals surface area contributed by atoms with Gasteiger partial charge in [-0.05, 0) is 96.3 Å². The van der Waals surface area contributed by atoms with E-state index < -0.39 is 6.10 Å². The Morgan fingerprint density at radius 1 is 0.260 bits per heavy atom. The summed E-state index contributed by atoms with van der Waals surface area (Å²) < 4.78 is 16.9. The molecule has 0 amide bonds. The highest BCUT2D eigenvalue weighted by Crippen LogP contribution is 2.18. The van der Waals surface area contributed by atoms with Crippen LogP contribution in [0.25, 0.3) is 0 Å². The molecule has 6 nitrogen and oxygen atoms in total. The number of esters is 3. The Labute approximate surface area is 479 Å². The van der Waals surface area contributed by atoms with E-state index in [0.29, 0.717) is 19.3 Å². The first kappa shape index (κ1) is 74.4. The summed E-state index contributed by atoms with van der Waals surface area (Å²) in [5.74, 6) is -0.870. The molecule has 0 aliphatic rings. The average molecular weight is 1080 g/mol. The summed E-state index contributed by atoms with van der Waals surface area (Å²) in [7, 11) is 0. The summed E-state index contributed by atoms with van der Waals surface area (Å²) in [5.41, 5.74) is 0. The van der Waals surface area contributed by atoms with Crippen molar-refractivity contribution in [3.63, 3.8) is 0 Å². The first-order valence-corrected chi connectivity index (χ1v) is 34.1. The van der Waals surface area contributed by atoms with E-state index in [1.807, 2.05) is 0 Å². The molecule has 0 rings (SSSR count). The molecule has 0 spiro atoms. The van der Waals surface area contributed by atoms with Gasteiger partial charge in [0.05, 0.1) is 0 Å². The number of carbonyl (C=O) groups is 3. The third-order valence-electron chi connectivity index (χ3n) is 15.3.